The van der Waals surface area contributed by atoms with Crippen LogP contribution in [0.3, 0.4) is 0 Å². The van der Waals surface area contributed by atoms with Gasteiger partial charge in [-0.15, -0.1) is 10.2 Å². The third kappa shape index (κ3) is 3.31. The molecule has 7 heteroatoms. The molecule has 0 fully saturated rings. The fraction of sp³-hybridized carbons (Fsp3) is 0.167. The van der Waals surface area contributed by atoms with Crippen LogP contribution in [-0.4, -0.2) is 21.7 Å². The number of nitrogens with zero attached hydrogens (tertiary/aromatic N) is 5. The molecule has 0 aliphatic rings. The second-order valence-corrected chi connectivity index (χ2v) is 4.29. The van der Waals surface area contributed by atoms with Gasteiger partial charge in [-0.1, -0.05) is 29.8 Å². The first kappa shape index (κ1) is 13.5. The Morgan fingerprint density at radius 1 is 1.16 bits per heavy atom. The summed E-state index contributed by atoms with van der Waals surface area (Å²) in [5, 5.41) is 16.2. The monoisotopic (exact) mass is 293 g/mol. The van der Waals surface area contributed by atoms with Crippen molar-refractivity contribution in [1.29, 1.82) is 5.26 Å². The van der Waals surface area contributed by atoms with Crippen LogP contribution in [0.1, 0.15) is 6.42 Å². The highest BCUT2D eigenvalue weighted by Crippen LogP contribution is 2.28. The Labute approximate surface area is 120 Å². The lowest BCUT2D eigenvalue weighted by atomic mass is 10.2. The van der Waals surface area contributed by atoms with Gasteiger partial charge in [-0.05, 0) is 23.7 Å². The Bertz CT molecular complexity index is 597. The van der Waals surface area contributed by atoms with E-state index in [2.05, 4.69) is 21.3 Å². The Kier molecular flexibility index (Phi) is 4.50. The lowest BCUT2D eigenvalue weighted by Crippen LogP contribution is -2.20. The zero-order valence-corrected chi connectivity index (χ0v) is 11.3. The molecule has 19 heavy (non-hydrogen) atoms. The normalized spacial score (nSPS) is 9.95. The van der Waals surface area contributed by atoms with E-state index in [1.807, 2.05) is 30.3 Å². The van der Waals surface area contributed by atoms with E-state index in [4.69, 9.17) is 28.5 Å². The maximum Gasteiger partial charge on any atom is 0.245 e. The SMILES string of the molecule is N#CCCN(c1ccccc1)c1nc(Cl)nnc1Cl. The first-order valence-electron chi connectivity index (χ1n) is 5.47. The molecule has 0 N–H and O–H groups in total. The van der Waals surface area contributed by atoms with E-state index in [1.165, 1.54) is 0 Å². The molecule has 0 unspecified atom stereocenters. The molecule has 1 aromatic heterocycles. The Balaban J connectivity index is 2.43. The second kappa shape index (κ2) is 6.32. The van der Waals surface area contributed by atoms with Crippen LogP contribution in [0.5, 0.6) is 0 Å². The van der Waals surface area contributed by atoms with Gasteiger partial charge >= 0.3 is 0 Å². The average molecular weight is 294 g/mol. The van der Waals surface area contributed by atoms with E-state index in [1.54, 1.807) is 4.90 Å². The maximum absolute atomic E-state index is 8.75. The van der Waals surface area contributed by atoms with Gasteiger partial charge in [-0.3, -0.25) is 0 Å². The van der Waals surface area contributed by atoms with Gasteiger partial charge in [0.25, 0.3) is 0 Å². The number of halogens is 2. The number of benzene rings is 1. The lowest BCUT2D eigenvalue weighted by molar-refractivity contribution is 0.888. The molecular weight excluding hydrogens is 285 g/mol. The zero-order chi connectivity index (χ0) is 13.7. The van der Waals surface area contributed by atoms with Crippen LogP contribution in [0.25, 0.3) is 0 Å². The lowest BCUT2D eigenvalue weighted by Gasteiger charge is -2.22. The molecule has 0 aliphatic carbocycles. The summed E-state index contributed by atoms with van der Waals surface area (Å²) in [6.45, 7) is 0.440. The highest BCUT2D eigenvalue weighted by Gasteiger charge is 2.16. The molecule has 96 valence electrons. The van der Waals surface area contributed by atoms with Crippen molar-refractivity contribution in [3.05, 3.63) is 40.8 Å². The molecule has 1 heterocycles. The minimum atomic E-state index is 0.0114. The van der Waals surface area contributed by atoms with Crippen LogP contribution >= 0.6 is 23.2 Å². The zero-order valence-electron chi connectivity index (χ0n) is 9.79. The Morgan fingerprint density at radius 3 is 2.58 bits per heavy atom. The summed E-state index contributed by atoms with van der Waals surface area (Å²) in [7, 11) is 0. The number of anilines is 2. The first-order chi connectivity index (χ1) is 9.22. The van der Waals surface area contributed by atoms with Gasteiger partial charge in [0.05, 0.1) is 12.5 Å². The molecule has 0 saturated carbocycles. The summed E-state index contributed by atoms with van der Waals surface area (Å²) in [6, 6.07) is 11.6. The van der Waals surface area contributed by atoms with Crippen molar-refractivity contribution in [2.24, 2.45) is 0 Å². The highest BCUT2D eigenvalue weighted by atomic mass is 35.5. The number of para-hydroxylation sites is 1. The van der Waals surface area contributed by atoms with Crippen LogP contribution < -0.4 is 4.90 Å². The predicted octanol–water partition coefficient (Wildman–Crippen LogP) is 3.23. The first-order valence-corrected chi connectivity index (χ1v) is 6.23. The van der Waals surface area contributed by atoms with Crippen molar-refractivity contribution < 1.29 is 0 Å². The van der Waals surface area contributed by atoms with Crippen molar-refractivity contribution in [2.45, 2.75) is 6.42 Å². The van der Waals surface area contributed by atoms with Gasteiger partial charge in [0.1, 0.15) is 0 Å². The summed E-state index contributed by atoms with van der Waals surface area (Å²) in [5.41, 5.74) is 0.858. The topological polar surface area (TPSA) is 65.7 Å². The van der Waals surface area contributed by atoms with Gasteiger partial charge in [-0.25, -0.2) is 0 Å². The van der Waals surface area contributed by atoms with Gasteiger partial charge < -0.3 is 4.90 Å². The minimum Gasteiger partial charge on any atom is -0.323 e. The Morgan fingerprint density at radius 2 is 1.89 bits per heavy atom. The van der Waals surface area contributed by atoms with E-state index >= 15 is 0 Å². The van der Waals surface area contributed by atoms with Crippen molar-refractivity contribution in [3.63, 3.8) is 0 Å². The molecule has 1 aromatic carbocycles. The van der Waals surface area contributed by atoms with Crippen LogP contribution in [-0.2, 0) is 0 Å². The van der Waals surface area contributed by atoms with Gasteiger partial charge in [0.15, 0.2) is 11.0 Å². The largest absolute Gasteiger partial charge is 0.323 e. The van der Waals surface area contributed by atoms with Crippen molar-refractivity contribution in [1.82, 2.24) is 15.2 Å². The van der Waals surface area contributed by atoms with E-state index in [9.17, 15) is 0 Å². The molecule has 0 atom stereocenters. The van der Waals surface area contributed by atoms with E-state index in [0.717, 1.165) is 5.69 Å². The van der Waals surface area contributed by atoms with Gasteiger partial charge in [0, 0.05) is 12.2 Å². The highest BCUT2D eigenvalue weighted by molar-refractivity contribution is 6.32. The summed E-state index contributed by atoms with van der Waals surface area (Å²) in [5.74, 6) is 0.392. The molecule has 0 spiro atoms. The van der Waals surface area contributed by atoms with Gasteiger partial charge in [0.2, 0.25) is 5.28 Å². The molecule has 0 bridgehead atoms. The smallest absolute Gasteiger partial charge is 0.245 e. The van der Waals surface area contributed by atoms with E-state index < -0.39 is 0 Å². The van der Waals surface area contributed by atoms with Crippen molar-refractivity contribution in [2.75, 3.05) is 11.4 Å². The average Bonchev–Trinajstić information content (AvgIpc) is 2.44. The summed E-state index contributed by atoms with van der Waals surface area (Å²) >= 11 is 11.7. The van der Waals surface area contributed by atoms with E-state index in [-0.39, 0.29) is 10.4 Å². The van der Waals surface area contributed by atoms with Crippen molar-refractivity contribution in [3.8, 4) is 6.07 Å². The molecule has 0 aliphatic heterocycles. The van der Waals surface area contributed by atoms with Crippen LogP contribution in [0.4, 0.5) is 11.5 Å². The summed E-state index contributed by atoms with van der Waals surface area (Å²) in [6.07, 6.45) is 0.326. The predicted molar refractivity (Wildman–Crippen MR) is 73.5 cm³/mol. The number of hydrogen-bond acceptors (Lipinski definition) is 5. The van der Waals surface area contributed by atoms with Crippen LogP contribution in [0.2, 0.25) is 10.4 Å². The number of rotatable bonds is 4. The third-order valence-corrected chi connectivity index (χ3v) is 2.78. The van der Waals surface area contributed by atoms with Gasteiger partial charge in [-0.2, -0.15) is 10.2 Å². The molecule has 5 nitrogen and oxygen atoms in total. The third-order valence-electron chi connectivity index (χ3n) is 2.37. The maximum atomic E-state index is 8.75. The second-order valence-electron chi connectivity index (χ2n) is 3.59. The Hall–Kier alpha value is -1.90. The van der Waals surface area contributed by atoms with Crippen molar-refractivity contribution >= 4 is 34.7 Å². The van der Waals surface area contributed by atoms with Crippen LogP contribution in [0, 0.1) is 11.3 Å². The number of nitriles is 1. The van der Waals surface area contributed by atoms with Crippen LogP contribution in [0.15, 0.2) is 30.3 Å². The summed E-state index contributed by atoms with van der Waals surface area (Å²) < 4.78 is 0. The minimum absolute atomic E-state index is 0.0114. The molecule has 0 amide bonds. The number of hydrogen-bond donors (Lipinski definition) is 0. The standard InChI is InChI=1S/C12H9Cl2N5/c13-10-11(16-12(14)18-17-10)19(8-4-7-15)9-5-2-1-3-6-9/h1-3,5-6H,4,8H2. The molecule has 2 rings (SSSR count). The summed E-state index contributed by atoms with van der Waals surface area (Å²) in [4.78, 5) is 5.86. The fourth-order valence-corrected chi connectivity index (χ4v) is 1.88. The fourth-order valence-electron chi connectivity index (χ4n) is 1.58. The molecular formula is C12H9Cl2N5. The quantitative estimate of drug-likeness (QED) is 0.866. The molecule has 0 saturated heterocycles. The molecule has 2 aromatic rings. The number of aromatic nitrogens is 3. The molecule has 0 radical (unpaired) electrons. The van der Waals surface area contributed by atoms with E-state index in [0.29, 0.717) is 18.8 Å².